The minimum atomic E-state index is -3.75. The van der Waals surface area contributed by atoms with Gasteiger partial charge in [0, 0.05) is 0 Å². The van der Waals surface area contributed by atoms with Crippen molar-refractivity contribution < 1.29 is 22.7 Å². The molecule has 0 spiro atoms. The number of hydrogen-bond donors (Lipinski definition) is 1. The van der Waals surface area contributed by atoms with Crippen molar-refractivity contribution in [1.29, 1.82) is 0 Å². The van der Waals surface area contributed by atoms with Gasteiger partial charge in [-0.05, 0) is 49.2 Å². The van der Waals surface area contributed by atoms with Crippen LogP contribution in [0, 0.1) is 0 Å². The Balaban J connectivity index is 1.52. The normalized spacial score (nSPS) is 16.2. The minimum absolute atomic E-state index is 0.103. The van der Waals surface area contributed by atoms with Gasteiger partial charge in [-0.2, -0.15) is 0 Å². The number of fused-ring (bicyclic) bond motifs is 1. The van der Waals surface area contributed by atoms with E-state index >= 15 is 0 Å². The summed E-state index contributed by atoms with van der Waals surface area (Å²) in [5, 5.41) is 2.94. The highest BCUT2D eigenvalue weighted by molar-refractivity contribution is 7.92. The number of para-hydroxylation sites is 2. The number of carbonyl (C=O) groups excluding carboxylic acids is 1. The van der Waals surface area contributed by atoms with Crippen molar-refractivity contribution in [1.82, 2.24) is 5.32 Å². The summed E-state index contributed by atoms with van der Waals surface area (Å²) in [6.45, 7) is 4.26. The molecule has 3 aromatic rings. The highest BCUT2D eigenvalue weighted by Crippen LogP contribution is 2.36. The Morgan fingerprint density at radius 3 is 2.44 bits per heavy atom. The van der Waals surface area contributed by atoms with Crippen LogP contribution in [0.2, 0.25) is 0 Å². The van der Waals surface area contributed by atoms with Gasteiger partial charge in [-0.25, -0.2) is 8.42 Å². The molecule has 0 saturated carbocycles. The van der Waals surface area contributed by atoms with E-state index in [1.165, 1.54) is 4.31 Å². The molecule has 4 rings (SSSR count). The maximum Gasteiger partial charge on any atom is 0.263 e. The van der Waals surface area contributed by atoms with E-state index in [-0.39, 0.29) is 24.2 Å². The number of nitrogens with zero attached hydrogens (tertiary/aromatic N) is 1. The fourth-order valence-corrected chi connectivity index (χ4v) is 5.46. The number of rotatable bonds is 8. The molecule has 1 aliphatic heterocycles. The molecule has 178 valence electrons. The van der Waals surface area contributed by atoms with Crippen LogP contribution in [0.1, 0.15) is 31.0 Å². The Bertz CT molecular complexity index is 1230. The minimum Gasteiger partial charge on any atom is -0.494 e. The molecule has 7 nitrogen and oxygen atoms in total. The van der Waals surface area contributed by atoms with Crippen molar-refractivity contribution in [3.05, 3.63) is 90.0 Å². The van der Waals surface area contributed by atoms with Crippen molar-refractivity contribution in [2.45, 2.75) is 31.7 Å². The second-order valence-corrected chi connectivity index (χ2v) is 9.97. The van der Waals surface area contributed by atoms with E-state index in [9.17, 15) is 13.2 Å². The van der Waals surface area contributed by atoms with Gasteiger partial charge in [0.15, 0.2) is 6.10 Å². The first-order valence-corrected chi connectivity index (χ1v) is 12.8. The Labute approximate surface area is 200 Å². The van der Waals surface area contributed by atoms with Crippen LogP contribution in [0.4, 0.5) is 5.69 Å². The van der Waals surface area contributed by atoms with Gasteiger partial charge in [0.1, 0.15) is 11.5 Å². The molecule has 0 unspecified atom stereocenters. The van der Waals surface area contributed by atoms with Crippen molar-refractivity contribution in [2.24, 2.45) is 0 Å². The highest BCUT2D eigenvalue weighted by atomic mass is 32.2. The topological polar surface area (TPSA) is 84.9 Å². The molecule has 1 N–H and O–H groups in total. The number of hydrogen-bond acceptors (Lipinski definition) is 5. The summed E-state index contributed by atoms with van der Waals surface area (Å²) >= 11 is 0. The molecule has 1 aliphatic rings. The van der Waals surface area contributed by atoms with E-state index in [0.717, 1.165) is 11.3 Å². The van der Waals surface area contributed by atoms with Crippen LogP contribution in [0.3, 0.4) is 0 Å². The van der Waals surface area contributed by atoms with Gasteiger partial charge in [0.05, 0.1) is 30.6 Å². The maximum absolute atomic E-state index is 13.3. The Kier molecular flexibility index (Phi) is 7.07. The standard InChI is InChI=1S/C26H28N2O5S/c1-3-32-22-15-13-21(14-16-22)19(2)27-26(29)25-17-28(23-11-7-8-12-24(23)33-25)34(30,31)18-20-9-5-4-6-10-20/h4-16,19,25H,3,17-18H2,1-2H3,(H,27,29)/t19-,25+/m0/s1. The van der Waals surface area contributed by atoms with E-state index in [2.05, 4.69) is 5.32 Å². The fourth-order valence-electron chi connectivity index (χ4n) is 3.87. The summed E-state index contributed by atoms with van der Waals surface area (Å²) in [7, 11) is -3.75. The number of amides is 1. The smallest absolute Gasteiger partial charge is 0.263 e. The summed E-state index contributed by atoms with van der Waals surface area (Å²) in [5.41, 5.74) is 2.01. The molecule has 0 aliphatic carbocycles. The molecule has 0 saturated heterocycles. The third-order valence-corrected chi connectivity index (χ3v) is 7.32. The van der Waals surface area contributed by atoms with Gasteiger partial charge in [-0.3, -0.25) is 9.10 Å². The largest absolute Gasteiger partial charge is 0.494 e. The van der Waals surface area contributed by atoms with Gasteiger partial charge in [-0.15, -0.1) is 0 Å². The van der Waals surface area contributed by atoms with E-state index in [0.29, 0.717) is 23.6 Å². The Hall–Kier alpha value is -3.52. The Morgan fingerprint density at radius 2 is 1.74 bits per heavy atom. The molecular formula is C26H28N2O5S. The predicted octanol–water partition coefficient (Wildman–Crippen LogP) is 4.06. The average Bonchev–Trinajstić information content (AvgIpc) is 2.84. The van der Waals surface area contributed by atoms with Gasteiger partial charge in [0.25, 0.3) is 5.91 Å². The second kappa shape index (κ2) is 10.2. The lowest BCUT2D eigenvalue weighted by Gasteiger charge is -2.35. The van der Waals surface area contributed by atoms with Crippen molar-refractivity contribution in [3.8, 4) is 11.5 Å². The van der Waals surface area contributed by atoms with Crippen molar-refractivity contribution in [2.75, 3.05) is 17.5 Å². The molecule has 1 heterocycles. The van der Waals surface area contributed by atoms with Crippen molar-refractivity contribution in [3.63, 3.8) is 0 Å². The lowest BCUT2D eigenvalue weighted by molar-refractivity contribution is -0.128. The first kappa shape index (κ1) is 23.6. The lowest BCUT2D eigenvalue weighted by atomic mass is 10.1. The van der Waals surface area contributed by atoms with E-state index < -0.39 is 16.1 Å². The van der Waals surface area contributed by atoms with Gasteiger partial charge in [-0.1, -0.05) is 54.6 Å². The predicted molar refractivity (Wildman–Crippen MR) is 131 cm³/mol. The van der Waals surface area contributed by atoms with Gasteiger partial charge in [0.2, 0.25) is 10.0 Å². The number of nitrogens with one attached hydrogen (secondary N) is 1. The lowest BCUT2D eigenvalue weighted by Crippen LogP contribution is -2.51. The van der Waals surface area contributed by atoms with E-state index in [1.54, 1.807) is 48.5 Å². The SMILES string of the molecule is CCOc1ccc([C@H](C)NC(=O)[C@H]2CN(S(=O)(=O)Cc3ccccc3)c3ccccc3O2)cc1. The number of carbonyl (C=O) groups is 1. The van der Waals surface area contributed by atoms with Crippen LogP contribution in [0.25, 0.3) is 0 Å². The molecule has 0 bridgehead atoms. The maximum atomic E-state index is 13.3. The Morgan fingerprint density at radius 1 is 1.06 bits per heavy atom. The molecule has 0 fully saturated rings. The summed E-state index contributed by atoms with van der Waals surface area (Å²) in [6, 6.07) is 23.1. The third kappa shape index (κ3) is 5.34. The monoisotopic (exact) mass is 480 g/mol. The number of benzene rings is 3. The number of ether oxygens (including phenoxy) is 2. The quantitative estimate of drug-likeness (QED) is 0.526. The van der Waals surface area contributed by atoms with Crippen molar-refractivity contribution >= 4 is 21.6 Å². The molecule has 0 aromatic heterocycles. The van der Waals surface area contributed by atoms with Gasteiger partial charge >= 0.3 is 0 Å². The molecular weight excluding hydrogens is 452 g/mol. The van der Waals surface area contributed by atoms with Crippen LogP contribution in [0.5, 0.6) is 11.5 Å². The van der Waals surface area contributed by atoms with Crippen LogP contribution in [-0.2, 0) is 20.6 Å². The summed E-state index contributed by atoms with van der Waals surface area (Å²) < 4.78 is 39.4. The number of anilines is 1. The highest BCUT2D eigenvalue weighted by Gasteiger charge is 2.37. The zero-order valence-electron chi connectivity index (χ0n) is 19.2. The summed E-state index contributed by atoms with van der Waals surface area (Å²) in [5.74, 6) is 0.574. The molecule has 3 aromatic carbocycles. The first-order chi connectivity index (χ1) is 16.4. The summed E-state index contributed by atoms with van der Waals surface area (Å²) in [4.78, 5) is 13.1. The molecule has 1 amide bonds. The fraction of sp³-hybridized carbons (Fsp3) is 0.269. The second-order valence-electron chi connectivity index (χ2n) is 8.08. The molecule has 2 atom stereocenters. The zero-order valence-corrected chi connectivity index (χ0v) is 20.0. The summed E-state index contributed by atoms with van der Waals surface area (Å²) in [6.07, 6.45) is -0.981. The average molecular weight is 481 g/mol. The van der Waals surface area contributed by atoms with Gasteiger partial charge < -0.3 is 14.8 Å². The molecule has 0 radical (unpaired) electrons. The molecule has 34 heavy (non-hydrogen) atoms. The third-order valence-electron chi connectivity index (χ3n) is 5.60. The number of sulfonamides is 1. The van der Waals surface area contributed by atoms with Crippen LogP contribution < -0.4 is 19.1 Å². The van der Waals surface area contributed by atoms with E-state index in [4.69, 9.17) is 9.47 Å². The zero-order chi connectivity index (χ0) is 24.1. The van der Waals surface area contributed by atoms with Crippen LogP contribution in [-0.4, -0.2) is 33.6 Å². The van der Waals surface area contributed by atoms with Crippen LogP contribution in [0.15, 0.2) is 78.9 Å². The first-order valence-electron chi connectivity index (χ1n) is 11.2. The van der Waals surface area contributed by atoms with E-state index in [1.807, 2.05) is 44.2 Å². The van der Waals surface area contributed by atoms with Crippen LogP contribution >= 0.6 is 0 Å². The molecule has 8 heteroatoms.